The zero-order valence-corrected chi connectivity index (χ0v) is 13.3. The molecule has 0 saturated heterocycles. The topological polar surface area (TPSA) is 26.0 Å². The van der Waals surface area contributed by atoms with Crippen LogP contribution in [0.15, 0.2) is 0 Å². The molecule has 1 heteroatoms. The molecule has 2 N–H and O–H groups in total. The number of nitrogens with two attached hydrogens (primary N) is 1. The van der Waals surface area contributed by atoms with E-state index in [0.29, 0.717) is 22.3 Å². The van der Waals surface area contributed by atoms with Crippen molar-refractivity contribution in [1.82, 2.24) is 0 Å². The predicted molar refractivity (Wildman–Crippen MR) is 82.0 cm³/mol. The Labute approximate surface area is 119 Å². The highest BCUT2D eigenvalue weighted by Crippen LogP contribution is 2.70. The zero-order valence-electron chi connectivity index (χ0n) is 13.3. The van der Waals surface area contributed by atoms with Gasteiger partial charge >= 0.3 is 0 Å². The van der Waals surface area contributed by atoms with Crippen molar-refractivity contribution in [2.45, 2.75) is 91.0 Å². The molecule has 0 amide bonds. The van der Waals surface area contributed by atoms with Crippen LogP contribution in [0.5, 0.6) is 0 Å². The Balaban J connectivity index is 1.76. The van der Waals surface area contributed by atoms with Gasteiger partial charge in [-0.3, -0.25) is 0 Å². The van der Waals surface area contributed by atoms with Gasteiger partial charge in [0.1, 0.15) is 0 Å². The smallest absolute Gasteiger partial charge is 0.00960 e. The maximum Gasteiger partial charge on any atom is 0.00960 e. The van der Waals surface area contributed by atoms with Crippen LogP contribution in [0.4, 0.5) is 0 Å². The van der Waals surface area contributed by atoms with E-state index in [2.05, 4.69) is 20.8 Å². The molecule has 0 aromatic carbocycles. The van der Waals surface area contributed by atoms with Crippen LogP contribution in [0, 0.1) is 22.2 Å². The van der Waals surface area contributed by atoms with E-state index in [0.717, 1.165) is 5.92 Å². The largest absolute Gasteiger partial charge is 0.327 e. The molecule has 0 aromatic rings. The molecule has 0 aliphatic heterocycles. The van der Waals surface area contributed by atoms with E-state index in [1.165, 1.54) is 64.2 Å². The highest BCUT2D eigenvalue weighted by molar-refractivity contribution is 5.12. The molecule has 0 aromatic heterocycles. The molecular weight excluding hydrogens is 230 g/mol. The standard InChI is InChI=1S/C18H33N/c1-4-5-6-7-15(19)18-10-14-8-16(2,12-18)11-17(3,9-14)13-18/h14-15H,4-13,19H2,1-3H3. The Hall–Kier alpha value is -0.0400. The van der Waals surface area contributed by atoms with Gasteiger partial charge < -0.3 is 5.73 Å². The van der Waals surface area contributed by atoms with E-state index in [4.69, 9.17) is 5.73 Å². The van der Waals surface area contributed by atoms with Crippen molar-refractivity contribution in [2.75, 3.05) is 0 Å². The maximum absolute atomic E-state index is 6.73. The van der Waals surface area contributed by atoms with Crippen LogP contribution in [0.25, 0.3) is 0 Å². The summed E-state index contributed by atoms with van der Waals surface area (Å²) in [6.07, 6.45) is 14.1. The first-order valence-corrected chi connectivity index (χ1v) is 8.64. The molecule has 0 heterocycles. The first-order chi connectivity index (χ1) is 8.89. The molecule has 4 aliphatic rings. The Bertz CT molecular complexity index is 330. The quantitative estimate of drug-likeness (QED) is 0.702. The number of hydrogen-bond donors (Lipinski definition) is 1. The molecular formula is C18H33N. The molecule has 1 nitrogen and oxygen atoms in total. The van der Waals surface area contributed by atoms with Crippen LogP contribution >= 0.6 is 0 Å². The second-order valence-corrected chi connectivity index (χ2v) is 9.09. The Morgan fingerprint density at radius 1 is 1.00 bits per heavy atom. The van der Waals surface area contributed by atoms with Gasteiger partial charge in [-0.1, -0.05) is 40.0 Å². The summed E-state index contributed by atoms with van der Waals surface area (Å²) in [4.78, 5) is 0. The molecule has 0 spiro atoms. The van der Waals surface area contributed by atoms with E-state index in [1.54, 1.807) is 0 Å². The summed E-state index contributed by atoms with van der Waals surface area (Å²) in [5.74, 6) is 0.989. The average Bonchev–Trinajstić information content (AvgIpc) is 2.24. The summed E-state index contributed by atoms with van der Waals surface area (Å²) in [5.41, 5.74) is 8.49. The highest BCUT2D eigenvalue weighted by atomic mass is 14.8. The minimum absolute atomic E-state index is 0.473. The van der Waals surface area contributed by atoms with Crippen LogP contribution in [0.2, 0.25) is 0 Å². The third-order valence-corrected chi connectivity index (χ3v) is 6.57. The predicted octanol–water partition coefficient (Wildman–Crippen LogP) is 4.89. The minimum Gasteiger partial charge on any atom is -0.327 e. The van der Waals surface area contributed by atoms with Gasteiger partial charge in [-0.25, -0.2) is 0 Å². The zero-order chi connectivity index (χ0) is 13.7. The molecule has 4 bridgehead atoms. The number of rotatable bonds is 5. The van der Waals surface area contributed by atoms with Crippen molar-refractivity contribution < 1.29 is 0 Å². The van der Waals surface area contributed by atoms with Crippen LogP contribution in [0.1, 0.15) is 85.0 Å². The Morgan fingerprint density at radius 2 is 1.63 bits per heavy atom. The summed E-state index contributed by atoms with van der Waals surface area (Å²) >= 11 is 0. The van der Waals surface area contributed by atoms with Crippen LogP contribution in [-0.4, -0.2) is 6.04 Å². The van der Waals surface area contributed by atoms with Crippen molar-refractivity contribution in [2.24, 2.45) is 27.9 Å². The third-order valence-electron chi connectivity index (χ3n) is 6.57. The summed E-state index contributed by atoms with van der Waals surface area (Å²) in [6, 6.07) is 0.473. The lowest BCUT2D eigenvalue weighted by molar-refractivity contribution is -0.154. The average molecular weight is 263 g/mol. The van der Waals surface area contributed by atoms with Gasteiger partial charge in [0.05, 0.1) is 0 Å². The normalized spacial score (nSPS) is 49.6. The fraction of sp³-hybridized carbons (Fsp3) is 1.00. The van der Waals surface area contributed by atoms with Gasteiger partial charge in [0, 0.05) is 6.04 Å². The molecule has 4 saturated carbocycles. The third kappa shape index (κ3) is 2.37. The summed E-state index contributed by atoms with van der Waals surface area (Å²) in [5, 5.41) is 0. The lowest BCUT2D eigenvalue weighted by Crippen LogP contribution is -2.60. The lowest BCUT2D eigenvalue weighted by atomic mass is 9.39. The SMILES string of the molecule is CCCCCC(N)C12CC3CC(C)(CC(C)(C3)C1)C2. The lowest BCUT2D eigenvalue weighted by Gasteiger charge is -2.67. The first-order valence-electron chi connectivity index (χ1n) is 8.64. The monoisotopic (exact) mass is 263 g/mol. The van der Waals surface area contributed by atoms with Crippen LogP contribution < -0.4 is 5.73 Å². The molecule has 0 radical (unpaired) electrons. The van der Waals surface area contributed by atoms with Crippen LogP contribution in [0.3, 0.4) is 0 Å². The van der Waals surface area contributed by atoms with Crippen molar-refractivity contribution in [3.8, 4) is 0 Å². The fourth-order valence-corrected chi connectivity index (χ4v) is 6.87. The number of hydrogen-bond acceptors (Lipinski definition) is 1. The van der Waals surface area contributed by atoms with Gasteiger partial charge in [0.15, 0.2) is 0 Å². The minimum atomic E-state index is 0.473. The van der Waals surface area contributed by atoms with Crippen molar-refractivity contribution >= 4 is 0 Å². The van der Waals surface area contributed by atoms with E-state index >= 15 is 0 Å². The first kappa shape index (κ1) is 13.9. The van der Waals surface area contributed by atoms with Gasteiger partial charge in [0.2, 0.25) is 0 Å². The molecule has 110 valence electrons. The Kier molecular flexibility index (Phi) is 3.28. The van der Waals surface area contributed by atoms with Gasteiger partial charge in [0.25, 0.3) is 0 Å². The maximum atomic E-state index is 6.73. The molecule has 19 heavy (non-hydrogen) atoms. The second kappa shape index (κ2) is 4.48. The Morgan fingerprint density at radius 3 is 2.16 bits per heavy atom. The summed E-state index contributed by atoms with van der Waals surface area (Å²) in [6.45, 7) is 7.41. The van der Waals surface area contributed by atoms with E-state index < -0.39 is 0 Å². The fourth-order valence-electron chi connectivity index (χ4n) is 6.87. The molecule has 4 fully saturated rings. The molecule has 4 aliphatic carbocycles. The summed E-state index contributed by atoms with van der Waals surface area (Å²) in [7, 11) is 0. The van der Waals surface area contributed by atoms with Crippen molar-refractivity contribution in [3.63, 3.8) is 0 Å². The van der Waals surface area contributed by atoms with E-state index in [9.17, 15) is 0 Å². The molecule has 3 atom stereocenters. The van der Waals surface area contributed by atoms with E-state index in [-0.39, 0.29) is 0 Å². The number of unbranched alkanes of at least 4 members (excludes halogenated alkanes) is 2. The van der Waals surface area contributed by atoms with Gasteiger partial charge in [-0.05, 0) is 67.1 Å². The second-order valence-electron chi connectivity index (χ2n) is 9.09. The molecule has 3 unspecified atom stereocenters. The van der Waals surface area contributed by atoms with Crippen molar-refractivity contribution in [3.05, 3.63) is 0 Å². The summed E-state index contributed by atoms with van der Waals surface area (Å²) < 4.78 is 0. The van der Waals surface area contributed by atoms with Gasteiger partial charge in [-0.15, -0.1) is 0 Å². The van der Waals surface area contributed by atoms with Gasteiger partial charge in [-0.2, -0.15) is 0 Å². The van der Waals surface area contributed by atoms with Crippen molar-refractivity contribution in [1.29, 1.82) is 0 Å². The van der Waals surface area contributed by atoms with Crippen LogP contribution in [-0.2, 0) is 0 Å². The van der Waals surface area contributed by atoms with E-state index in [1.807, 2.05) is 0 Å². The molecule has 4 rings (SSSR count). The highest BCUT2D eigenvalue weighted by Gasteiger charge is 2.61.